The molecule has 5 nitrogen and oxygen atoms in total. The van der Waals surface area contributed by atoms with Gasteiger partial charge in [-0.25, -0.2) is 4.79 Å². The molecule has 0 aromatic carbocycles. The summed E-state index contributed by atoms with van der Waals surface area (Å²) in [5, 5.41) is 8.90. The molecule has 1 saturated carbocycles. The molecule has 1 aliphatic carbocycles. The molecule has 20 heavy (non-hydrogen) atoms. The second kappa shape index (κ2) is 6.46. The van der Waals surface area contributed by atoms with Crippen LogP contribution in [0.3, 0.4) is 0 Å². The van der Waals surface area contributed by atoms with Gasteiger partial charge < -0.3 is 14.9 Å². The zero-order valence-corrected chi connectivity index (χ0v) is 12.5. The van der Waals surface area contributed by atoms with Crippen LogP contribution in [0.1, 0.15) is 45.4 Å². The van der Waals surface area contributed by atoms with E-state index in [0.717, 1.165) is 32.2 Å². The van der Waals surface area contributed by atoms with Gasteiger partial charge in [0.1, 0.15) is 0 Å². The zero-order valence-electron chi connectivity index (χ0n) is 12.5. The van der Waals surface area contributed by atoms with Crippen LogP contribution in [0.25, 0.3) is 0 Å². The van der Waals surface area contributed by atoms with Gasteiger partial charge >= 0.3 is 12.0 Å². The Hall–Kier alpha value is -1.26. The second-order valence-corrected chi connectivity index (χ2v) is 6.40. The Balaban J connectivity index is 1.88. The summed E-state index contributed by atoms with van der Waals surface area (Å²) in [5.74, 6) is -0.289. The van der Waals surface area contributed by atoms with E-state index in [9.17, 15) is 9.59 Å². The lowest BCUT2D eigenvalue weighted by Gasteiger charge is -2.41. The first-order chi connectivity index (χ1) is 9.49. The molecule has 2 aliphatic rings. The van der Waals surface area contributed by atoms with Crippen molar-refractivity contribution >= 4 is 12.0 Å². The number of aliphatic carboxylic acids is 1. The molecule has 2 fully saturated rings. The predicted octanol–water partition coefficient (Wildman–Crippen LogP) is 2.41. The van der Waals surface area contributed by atoms with Crippen LogP contribution in [0.4, 0.5) is 4.79 Å². The van der Waals surface area contributed by atoms with Crippen molar-refractivity contribution < 1.29 is 14.7 Å². The number of carbonyl (C=O) groups is 2. The molecule has 1 N–H and O–H groups in total. The van der Waals surface area contributed by atoms with E-state index in [2.05, 4.69) is 0 Å². The molecule has 0 radical (unpaired) electrons. The van der Waals surface area contributed by atoms with Crippen LogP contribution in [0.5, 0.6) is 0 Å². The van der Waals surface area contributed by atoms with Gasteiger partial charge in [-0.05, 0) is 43.9 Å². The number of carboxylic acid groups (broad SMARTS) is 1. The van der Waals surface area contributed by atoms with Crippen molar-refractivity contribution in [3.05, 3.63) is 0 Å². The fraction of sp³-hybridized carbons (Fsp3) is 0.867. The Kier molecular flexibility index (Phi) is 4.89. The third-order valence-electron chi connectivity index (χ3n) is 4.95. The Bertz CT molecular complexity index is 368. The molecule has 2 rings (SSSR count). The van der Waals surface area contributed by atoms with E-state index in [1.54, 1.807) is 0 Å². The molecule has 0 bridgehead atoms. The first-order valence-electron chi connectivity index (χ1n) is 7.72. The number of urea groups is 1. The van der Waals surface area contributed by atoms with Crippen LogP contribution in [0.15, 0.2) is 0 Å². The molecular formula is C15H26N2O3. The van der Waals surface area contributed by atoms with Crippen LogP contribution in [0, 0.1) is 11.8 Å². The normalized spacial score (nSPS) is 24.9. The largest absolute Gasteiger partial charge is 0.481 e. The molecule has 2 unspecified atom stereocenters. The minimum absolute atomic E-state index is 0.127. The lowest BCUT2D eigenvalue weighted by molar-refractivity contribution is -0.138. The van der Waals surface area contributed by atoms with E-state index < -0.39 is 5.97 Å². The van der Waals surface area contributed by atoms with Gasteiger partial charge in [-0.2, -0.15) is 0 Å². The number of hydrogen-bond acceptors (Lipinski definition) is 2. The fourth-order valence-electron chi connectivity index (χ4n) is 3.24. The molecule has 114 valence electrons. The van der Waals surface area contributed by atoms with Crippen molar-refractivity contribution in [2.75, 3.05) is 20.1 Å². The van der Waals surface area contributed by atoms with Crippen molar-refractivity contribution in [1.82, 2.24) is 9.80 Å². The number of piperidine rings is 1. The van der Waals surface area contributed by atoms with E-state index in [1.807, 2.05) is 23.8 Å². The Morgan fingerprint density at radius 1 is 1.30 bits per heavy atom. The zero-order chi connectivity index (χ0) is 14.7. The molecule has 1 aliphatic heterocycles. The Morgan fingerprint density at radius 2 is 2.00 bits per heavy atom. The van der Waals surface area contributed by atoms with Gasteiger partial charge in [-0.3, -0.25) is 4.79 Å². The van der Waals surface area contributed by atoms with Gasteiger partial charge in [0.05, 0.1) is 0 Å². The molecule has 0 spiro atoms. The number of carboxylic acids is 1. The van der Waals surface area contributed by atoms with Crippen molar-refractivity contribution in [2.45, 2.75) is 51.5 Å². The highest BCUT2D eigenvalue weighted by Crippen LogP contribution is 2.29. The average molecular weight is 282 g/mol. The van der Waals surface area contributed by atoms with Crippen LogP contribution >= 0.6 is 0 Å². The van der Waals surface area contributed by atoms with Crippen LogP contribution in [-0.2, 0) is 4.79 Å². The minimum Gasteiger partial charge on any atom is -0.481 e. The van der Waals surface area contributed by atoms with Gasteiger partial charge in [0.15, 0.2) is 0 Å². The van der Waals surface area contributed by atoms with E-state index >= 15 is 0 Å². The first kappa shape index (κ1) is 15.1. The lowest BCUT2D eigenvalue weighted by atomic mass is 9.84. The predicted molar refractivity (Wildman–Crippen MR) is 76.5 cm³/mol. The lowest BCUT2D eigenvalue weighted by Crippen LogP contribution is -2.51. The smallest absolute Gasteiger partial charge is 0.319 e. The van der Waals surface area contributed by atoms with Gasteiger partial charge in [0.2, 0.25) is 0 Å². The topological polar surface area (TPSA) is 60.9 Å². The maximum atomic E-state index is 12.5. The maximum Gasteiger partial charge on any atom is 0.319 e. The minimum atomic E-state index is -0.743. The molecule has 2 atom stereocenters. The summed E-state index contributed by atoms with van der Waals surface area (Å²) in [5.41, 5.74) is 0. The molecule has 1 saturated heterocycles. The monoisotopic (exact) mass is 282 g/mol. The van der Waals surface area contributed by atoms with Crippen molar-refractivity contribution in [3.8, 4) is 0 Å². The summed E-state index contributed by atoms with van der Waals surface area (Å²) >= 11 is 0. The number of likely N-dealkylation sites (tertiary alicyclic amines) is 1. The first-order valence-corrected chi connectivity index (χ1v) is 7.72. The van der Waals surface area contributed by atoms with E-state index in [-0.39, 0.29) is 18.4 Å². The second-order valence-electron chi connectivity index (χ2n) is 6.40. The highest BCUT2D eigenvalue weighted by atomic mass is 16.4. The summed E-state index contributed by atoms with van der Waals surface area (Å²) in [6, 6.07) is 0.543. The summed E-state index contributed by atoms with van der Waals surface area (Å²) in [6.07, 6.45) is 5.68. The van der Waals surface area contributed by atoms with Crippen molar-refractivity contribution in [3.63, 3.8) is 0 Å². The SMILES string of the molecule is CC(CC(=O)O)C1CCCN(C(=O)N(C)C2CCC2)C1. The van der Waals surface area contributed by atoms with Gasteiger partial charge in [0.25, 0.3) is 0 Å². The quantitative estimate of drug-likeness (QED) is 0.861. The summed E-state index contributed by atoms with van der Waals surface area (Å²) < 4.78 is 0. The number of carbonyl (C=O) groups excluding carboxylic acids is 1. The van der Waals surface area contributed by atoms with Crippen molar-refractivity contribution in [1.29, 1.82) is 0 Å². The van der Waals surface area contributed by atoms with Crippen molar-refractivity contribution in [2.24, 2.45) is 11.8 Å². The van der Waals surface area contributed by atoms with Gasteiger partial charge in [-0.1, -0.05) is 6.92 Å². The van der Waals surface area contributed by atoms with Crippen LogP contribution < -0.4 is 0 Å². The Morgan fingerprint density at radius 3 is 2.55 bits per heavy atom. The maximum absolute atomic E-state index is 12.5. The van der Waals surface area contributed by atoms with E-state index in [1.165, 1.54) is 6.42 Å². The molecule has 0 aromatic rings. The van der Waals surface area contributed by atoms with Crippen LogP contribution in [0.2, 0.25) is 0 Å². The average Bonchev–Trinajstić information content (AvgIpc) is 2.35. The third kappa shape index (κ3) is 3.44. The fourth-order valence-corrected chi connectivity index (χ4v) is 3.24. The summed E-state index contributed by atoms with van der Waals surface area (Å²) in [7, 11) is 1.90. The highest BCUT2D eigenvalue weighted by Gasteiger charge is 2.33. The van der Waals surface area contributed by atoms with Gasteiger partial charge in [-0.15, -0.1) is 0 Å². The van der Waals surface area contributed by atoms with E-state index in [0.29, 0.717) is 18.5 Å². The highest BCUT2D eigenvalue weighted by molar-refractivity contribution is 5.74. The molecule has 1 heterocycles. The number of rotatable bonds is 4. The molecule has 5 heteroatoms. The number of amides is 2. The molecular weight excluding hydrogens is 256 g/mol. The standard InChI is InChI=1S/C15H26N2O3/c1-11(9-14(18)19)12-5-4-8-17(10-12)15(20)16(2)13-6-3-7-13/h11-13H,3-10H2,1-2H3,(H,18,19). The number of hydrogen-bond donors (Lipinski definition) is 1. The third-order valence-corrected chi connectivity index (χ3v) is 4.95. The Labute approximate surface area is 120 Å². The van der Waals surface area contributed by atoms with Crippen LogP contribution in [-0.4, -0.2) is 53.1 Å². The van der Waals surface area contributed by atoms with E-state index in [4.69, 9.17) is 5.11 Å². The van der Waals surface area contributed by atoms with Gasteiger partial charge in [0, 0.05) is 32.6 Å². The number of nitrogens with zero attached hydrogens (tertiary/aromatic N) is 2. The summed E-state index contributed by atoms with van der Waals surface area (Å²) in [4.78, 5) is 27.1. The summed E-state index contributed by atoms with van der Waals surface area (Å²) in [6.45, 7) is 3.51. The molecule has 0 aromatic heterocycles. The molecule has 2 amide bonds.